The van der Waals surface area contributed by atoms with Crippen LogP contribution in [0.15, 0.2) is 28.8 Å². The summed E-state index contributed by atoms with van der Waals surface area (Å²) in [6.45, 7) is 3.75. The Bertz CT molecular complexity index is 854. The third-order valence-corrected chi connectivity index (χ3v) is 4.92. The Kier molecular flexibility index (Phi) is 3.62. The first-order valence-corrected chi connectivity index (χ1v) is 8.28. The lowest BCUT2D eigenvalue weighted by molar-refractivity contribution is 0.234. The molecule has 0 saturated carbocycles. The summed E-state index contributed by atoms with van der Waals surface area (Å²) in [7, 11) is 1.96. The summed E-state index contributed by atoms with van der Waals surface area (Å²) in [4.78, 5) is 2.42. The lowest BCUT2D eigenvalue weighted by Crippen LogP contribution is -2.23. The number of fused-ring (bicyclic) bond motifs is 1. The molecule has 2 aromatic heterocycles. The van der Waals surface area contributed by atoms with Gasteiger partial charge >= 0.3 is 0 Å². The van der Waals surface area contributed by atoms with Crippen LogP contribution in [0.2, 0.25) is 5.02 Å². The number of hydrogen-bond donors (Lipinski definition) is 0. The molecular formula is C17H19ClN4O. The second-order valence-corrected chi connectivity index (χ2v) is 6.60. The van der Waals surface area contributed by atoms with E-state index >= 15 is 0 Å². The van der Waals surface area contributed by atoms with Gasteiger partial charge in [-0.25, -0.2) is 0 Å². The van der Waals surface area contributed by atoms with Gasteiger partial charge in [0, 0.05) is 25.0 Å². The zero-order valence-corrected chi connectivity index (χ0v) is 14.0. The third-order valence-electron chi connectivity index (χ3n) is 4.60. The molecule has 5 nitrogen and oxygen atoms in total. The van der Waals surface area contributed by atoms with Crippen molar-refractivity contribution in [2.24, 2.45) is 7.05 Å². The molecule has 3 heterocycles. The van der Waals surface area contributed by atoms with E-state index in [1.165, 1.54) is 0 Å². The molecule has 0 aliphatic carbocycles. The van der Waals surface area contributed by atoms with E-state index in [1.54, 1.807) is 0 Å². The molecule has 0 radical (unpaired) electrons. The molecular weight excluding hydrogens is 312 g/mol. The van der Waals surface area contributed by atoms with E-state index in [1.807, 2.05) is 36.9 Å². The predicted molar refractivity (Wildman–Crippen MR) is 89.3 cm³/mol. The fourth-order valence-corrected chi connectivity index (χ4v) is 3.83. The smallest absolute Gasteiger partial charge is 0.133 e. The number of hydrogen-bond acceptors (Lipinski definition) is 4. The highest BCUT2D eigenvalue weighted by atomic mass is 35.5. The van der Waals surface area contributed by atoms with Gasteiger partial charge in [0.1, 0.15) is 11.5 Å². The van der Waals surface area contributed by atoms with Crippen molar-refractivity contribution in [3.8, 4) is 0 Å². The average Bonchev–Trinajstić information content (AvgIpc) is 3.21. The number of aryl methyl sites for hydroxylation is 2. The van der Waals surface area contributed by atoms with Crippen LogP contribution in [0.1, 0.15) is 36.0 Å². The van der Waals surface area contributed by atoms with E-state index in [0.717, 1.165) is 59.0 Å². The van der Waals surface area contributed by atoms with E-state index in [2.05, 4.69) is 16.1 Å². The fourth-order valence-electron chi connectivity index (χ4n) is 3.55. The standard InChI is InChI=1S/C17H19ClN4O/c1-11-9-13(20-23-11)15-7-4-8-22(15)10-14-17-12(18)5-3-6-16(17)21(2)19-14/h3,5-6,9,15H,4,7-8,10H2,1-2H3/t15-/m1/s1. The van der Waals surface area contributed by atoms with Gasteiger partial charge in [-0.2, -0.15) is 5.10 Å². The molecule has 0 spiro atoms. The van der Waals surface area contributed by atoms with Crippen LogP contribution >= 0.6 is 11.6 Å². The van der Waals surface area contributed by atoms with Crippen LogP contribution in [0.3, 0.4) is 0 Å². The molecule has 1 atom stereocenters. The summed E-state index contributed by atoms with van der Waals surface area (Å²) in [5, 5.41) is 10.7. The van der Waals surface area contributed by atoms with E-state index in [-0.39, 0.29) is 0 Å². The van der Waals surface area contributed by atoms with Gasteiger partial charge in [-0.1, -0.05) is 22.8 Å². The lowest BCUT2D eigenvalue weighted by atomic mass is 10.1. The van der Waals surface area contributed by atoms with Crippen molar-refractivity contribution in [2.45, 2.75) is 32.4 Å². The van der Waals surface area contributed by atoms with Crippen molar-refractivity contribution in [1.82, 2.24) is 19.8 Å². The molecule has 4 rings (SSSR count). The van der Waals surface area contributed by atoms with Crippen molar-refractivity contribution in [3.05, 3.63) is 46.4 Å². The maximum absolute atomic E-state index is 6.42. The van der Waals surface area contributed by atoms with Crippen LogP contribution in [0, 0.1) is 6.92 Å². The number of aromatic nitrogens is 3. The Hall–Kier alpha value is -1.85. The maximum Gasteiger partial charge on any atom is 0.133 e. The topological polar surface area (TPSA) is 47.1 Å². The van der Waals surface area contributed by atoms with Crippen LogP contribution in [-0.4, -0.2) is 26.4 Å². The van der Waals surface area contributed by atoms with E-state index in [4.69, 9.17) is 21.2 Å². The van der Waals surface area contributed by atoms with Gasteiger partial charge < -0.3 is 4.52 Å². The number of halogens is 1. The normalized spacial score (nSPS) is 19.0. The summed E-state index contributed by atoms with van der Waals surface area (Å²) in [6.07, 6.45) is 2.26. The van der Waals surface area contributed by atoms with Crippen molar-refractivity contribution in [1.29, 1.82) is 0 Å². The van der Waals surface area contributed by atoms with Gasteiger partial charge in [0.2, 0.25) is 0 Å². The first kappa shape index (κ1) is 14.7. The van der Waals surface area contributed by atoms with Gasteiger partial charge in [-0.3, -0.25) is 9.58 Å². The fraction of sp³-hybridized carbons (Fsp3) is 0.412. The highest BCUT2D eigenvalue weighted by molar-refractivity contribution is 6.35. The Labute approximate surface area is 139 Å². The summed E-state index contributed by atoms with van der Waals surface area (Å²) in [5.74, 6) is 0.859. The van der Waals surface area contributed by atoms with Gasteiger partial charge in [0.05, 0.1) is 22.3 Å². The van der Waals surface area contributed by atoms with Crippen LogP contribution in [0.25, 0.3) is 10.9 Å². The molecule has 1 aliphatic heterocycles. The Balaban J connectivity index is 1.67. The molecule has 3 aromatic rings. The zero-order valence-electron chi connectivity index (χ0n) is 13.3. The first-order chi connectivity index (χ1) is 11.1. The number of nitrogens with zero attached hydrogens (tertiary/aromatic N) is 4. The molecule has 1 aromatic carbocycles. The Morgan fingerprint density at radius 1 is 1.39 bits per heavy atom. The number of benzene rings is 1. The van der Waals surface area contributed by atoms with E-state index in [9.17, 15) is 0 Å². The monoisotopic (exact) mass is 330 g/mol. The van der Waals surface area contributed by atoms with Crippen molar-refractivity contribution < 1.29 is 4.52 Å². The van der Waals surface area contributed by atoms with Crippen molar-refractivity contribution in [3.63, 3.8) is 0 Å². The molecule has 1 aliphatic rings. The quantitative estimate of drug-likeness (QED) is 0.731. The van der Waals surface area contributed by atoms with E-state index in [0.29, 0.717) is 6.04 Å². The Morgan fingerprint density at radius 3 is 3.04 bits per heavy atom. The molecule has 23 heavy (non-hydrogen) atoms. The molecule has 0 bridgehead atoms. The van der Waals surface area contributed by atoms with Crippen molar-refractivity contribution >= 4 is 22.5 Å². The molecule has 0 unspecified atom stereocenters. The van der Waals surface area contributed by atoms with Crippen LogP contribution < -0.4 is 0 Å². The van der Waals surface area contributed by atoms with Crippen LogP contribution in [-0.2, 0) is 13.6 Å². The van der Waals surface area contributed by atoms with Gasteiger partial charge in [-0.05, 0) is 38.4 Å². The zero-order chi connectivity index (χ0) is 16.0. The number of likely N-dealkylation sites (tertiary alicyclic amines) is 1. The SMILES string of the molecule is Cc1cc([C@H]2CCCN2Cc2nn(C)c3cccc(Cl)c23)no1. The maximum atomic E-state index is 6.42. The van der Waals surface area contributed by atoms with Crippen LogP contribution in [0.4, 0.5) is 0 Å². The third kappa shape index (κ3) is 2.54. The van der Waals surface area contributed by atoms with Crippen LogP contribution in [0.5, 0.6) is 0 Å². The minimum absolute atomic E-state index is 0.298. The second-order valence-electron chi connectivity index (χ2n) is 6.20. The summed E-state index contributed by atoms with van der Waals surface area (Å²) in [5.41, 5.74) is 3.12. The molecule has 1 saturated heterocycles. The lowest BCUT2D eigenvalue weighted by Gasteiger charge is -2.21. The van der Waals surface area contributed by atoms with Gasteiger partial charge in [-0.15, -0.1) is 0 Å². The average molecular weight is 331 g/mol. The molecule has 0 N–H and O–H groups in total. The highest BCUT2D eigenvalue weighted by Gasteiger charge is 2.29. The molecule has 120 valence electrons. The summed E-state index contributed by atoms with van der Waals surface area (Å²) >= 11 is 6.42. The first-order valence-electron chi connectivity index (χ1n) is 7.91. The molecule has 6 heteroatoms. The van der Waals surface area contributed by atoms with E-state index < -0.39 is 0 Å². The largest absolute Gasteiger partial charge is 0.361 e. The second kappa shape index (κ2) is 5.65. The van der Waals surface area contributed by atoms with Gasteiger partial charge in [0.25, 0.3) is 0 Å². The van der Waals surface area contributed by atoms with Gasteiger partial charge in [0.15, 0.2) is 0 Å². The summed E-state index contributed by atoms with van der Waals surface area (Å²) in [6, 6.07) is 8.28. The molecule has 0 amide bonds. The Morgan fingerprint density at radius 2 is 2.26 bits per heavy atom. The minimum atomic E-state index is 0.298. The minimum Gasteiger partial charge on any atom is -0.361 e. The van der Waals surface area contributed by atoms with Crippen molar-refractivity contribution in [2.75, 3.05) is 6.54 Å². The molecule has 1 fully saturated rings. The summed E-state index contributed by atoms with van der Waals surface area (Å²) < 4.78 is 7.16. The highest BCUT2D eigenvalue weighted by Crippen LogP contribution is 2.34. The predicted octanol–water partition coefficient (Wildman–Crippen LogP) is 3.86. The number of rotatable bonds is 3.